The highest BCUT2D eigenvalue weighted by Crippen LogP contribution is 2.21. The Labute approximate surface area is 133 Å². The highest BCUT2D eigenvalue weighted by Gasteiger charge is 2.30. The zero-order chi connectivity index (χ0) is 15.7. The van der Waals surface area contributed by atoms with Crippen LogP contribution in [0.4, 0.5) is 0 Å². The second-order valence-corrected chi connectivity index (χ2v) is 5.98. The van der Waals surface area contributed by atoms with Gasteiger partial charge in [-0.05, 0) is 31.5 Å². The number of carbonyl (C=O) groups excluding carboxylic acids is 1. The van der Waals surface area contributed by atoms with Crippen molar-refractivity contribution in [1.29, 1.82) is 0 Å². The summed E-state index contributed by atoms with van der Waals surface area (Å²) in [5.41, 5.74) is 1.00. The third kappa shape index (κ3) is 2.98. The highest BCUT2D eigenvalue weighted by molar-refractivity contribution is 6.30. The van der Waals surface area contributed by atoms with Gasteiger partial charge >= 0.3 is 0 Å². The van der Waals surface area contributed by atoms with Gasteiger partial charge in [0.25, 0.3) is 5.91 Å². The lowest BCUT2D eigenvalue weighted by molar-refractivity contribution is 0.0756. The molecule has 2 heterocycles. The van der Waals surface area contributed by atoms with Crippen molar-refractivity contribution in [1.82, 2.24) is 19.9 Å². The summed E-state index contributed by atoms with van der Waals surface area (Å²) < 4.78 is 0. The minimum Gasteiger partial charge on any atom is -0.393 e. The second-order valence-electron chi connectivity index (χ2n) is 5.54. The minimum atomic E-state index is -0.403. The summed E-state index contributed by atoms with van der Waals surface area (Å²) in [5, 5.41) is 18.6. The van der Waals surface area contributed by atoms with E-state index in [4.69, 9.17) is 11.6 Å². The van der Waals surface area contributed by atoms with Crippen molar-refractivity contribution in [3.8, 4) is 5.69 Å². The van der Waals surface area contributed by atoms with Crippen molar-refractivity contribution in [3.05, 3.63) is 41.2 Å². The number of hydrogen-bond acceptors (Lipinski definition) is 4. The third-order valence-electron chi connectivity index (χ3n) is 3.94. The van der Waals surface area contributed by atoms with E-state index < -0.39 is 6.10 Å². The molecule has 1 amide bonds. The molecule has 1 fully saturated rings. The molecule has 3 rings (SSSR count). The first-order chi connectivity index (χ1) is 10.5. The number of halogens is 1. The van der Waals surface area contributed by atoms with E-state index >= 15 is 0 Å². The molecule has 1 N–H and O–H groups in total. The van der Waals surface area contributed by atoms with Crippen molar-refractivity contribution < 1.29 is 9.90 Å². The Balaban J connectivity index is 1.75. The van der Waals surface area contributed by atoms with E-state index in [-0.39, 0.29) is 11.8 Å². The maximum atomic E-state index is 12.4. The molecule has 7 heteroatoms. The topological polar surface area (TPSA) is 71.2 Å². The van der Waals surface area contributed by atoms with E-state index in [9.17, 15) is 9.90 Å². The number of hydrogen-bond donors (Lipinski definition) is 1. The van der Waals surface area contributed by atoms with Crippen molar-refractivity contribution in [2.75, 3.05) is 13.1 Å². The van der Waals surface area contributed by atoms with Crippen LogP contribution in [0, 0.1) is 5.92 Å². The van der Waals surface area contributed by atoms with Gasteiger partial charge in [0.15, 0.2) is 5.69 Å². The Bertz CT molecular complexity index is 686. The van der Waals surface area contributed by atoms with Crippen molar-refractivity contribution in [2.24, 2.45) is 5.92 Å². The van der Waals surface area contributed by atoms with Crippen LogP contribution in [-0.2, 0) is 0 Å². The summed E-state index contributed by atoms with van der Waals surface area (Å²) in [7, 11) is 0. The molecule has 0 radical (unpaired) electrons. The van der Waals surface area contributed by atoms with Crippen LogP contribution in [-0.4, -0.2) is 50.1 Å². The molecule has 1 aliphatic rings. The van der Waals surface area contributed by atoms with Gasteiger partial charge in [-0.3, -0.25) is 4.79 Å². The van der Waals surface area contributed by atoms with Gasteiger partial charge in [-0.2, -0.15) is 9.90 Å². The zero-order valence-electron chi connectivity index (χ0n) is 12.2. The molecule has 1 aliphatic heterocycles. The summed E-state index contributed by atoms with van der Waals surface area (Å²) in [6.07, 6.45) is 1.87. The average molecular weight is 321 g/mol. The molecule has 22 heavy (non-hydrogen) atoms. The fourth-order valence-corrected chi connectivity index (χ4v) is 2.80. The maximum absolute atomic E-state index is 12.4. The molecule has 0 bridgehead atoms. The molecule has 116 valence electrons. The molecule has 1 saturated heterocycles. The Morgan fingerprint density at radius 2 is 2.32 bits per heavy atom. The number of carbonyl (C=O) groups is 1. The number of nitrogens with zero attached hydrogens (tertiary/aromatic N) is 4. The monoisotopic (exact) mass is 320 g/mol. The third-order valence-corrected chi connectivity index (χ3v) is 4.18. The molecule has 0 spiro atoms. The molecule has 1 aromatic carbocycles. The van der Waals surface area contributed by atoms with Gasteiger partial charge < -0.3 is 10.0 Å². The minimum absolute atomic E-state index is 0.131. The van der Waals surface area contributed by atoms with Crippen LogP contribution in [0.3, 0.4) is 0 Å². The summed E-state index contributed by atoms with van der Waals surface area (Å²) in [6.45, 7) is 2.95. The largest absolute Gasteiger partial charge is 0.393 e. The lowest BCUT2D eigenvalue weighted by Gasteiger charge is -2.16. The van der Waals surface area contributed by atoms with Gasteiger partial charge in [0.2, 0.25) is 0 Å². The predicted molar refractivity (Wildman–Crippen MR) is 82.1 cm³/mol. The quantitative estimate of drug-likeness (QED) is 0.935. The normalized spacial score (nSPS) is 19.4. The Morgan fingerprint density at radius 3 is 3.00 bits per heavy atom. The number of rotatable bonds is 3. The smallest absolute Gasteiger partial charge is 0.276 e. The number of likely N-dealkylation sites (tertiary alicyclic amines) is 1. The first-order valence-corrected chi connectivity index (χ1v) is 7.58. The van der Waals surface area contributed by atoms with Crippen LogP contribution >= 0.6 is 11.6 Å². The zero-order valence-corrected chi connectivity index (χ0v) is 12.9. The Kier molecular flexibility index (Phi) is 4.13. The van der Waals surface area contributed by atoms with Crippen LogP contribution in [0.25, 0.3) is 5.69 Å². The number of benzene rings is 1. The van der Waals surface area contributed by atoms with Gasteiger partial charge in [-0.1, -0.05) is 17.7 Å². The van der Waals surface area contributed by atoms with Gasteiger partial charge in [0.05, 0.1) is 18.0 Å². The fraction of sp³-hybridized carbons (Fsp3) is 0.400. The molecule has 6 nitrogen and oxygen atoms in total. The second kappa shape index (κ2) is 6.06. The van der Waals surface area contributed by atoms with E-state index in [1.54, 1.807) is 30.0 Å². The number of aliphatic hydroxyl groups excluding tert-OH is 1. The number of aliphatic hydroxyl groups is 1. The van der Waals surface area contributed by atoms with E-state index in [0.29, 0.717) is 29.5 Å². The van der Waals surface area contributed by atoms with Crippen molar-refractivity contribution in [2.45, 2.75) is 19.4 Å². The predicted octanol–water partition coefficient (Wildman–Crippen LogP) is 1.76. The van der Waals surface area contributed by atoms with E-state index in [1.807, 2.05) is 6.07 Å². The van der Waals surface area contributed by atoms with Gasteiger partial charge in [-0.15, -0.1) is 5.10 Å². The maximum Gasteiger partial charge on any atom is 0.276 e. The summed E-state index contributed by atoms with van der Waals surface area (Å²) in [6, 6.07) is 7.12. The Morgan fingerprint density at radius 1 is 1.50 bits per heavy atom. The van der Waals surface area contributed by atoms with E-state index in [0.717, 1.165) is 6.42 Å². The first-order valence-electron chi connectivity index (χ1n) is 7.20. The highest BCUT2D eigenvalue weighted by atomic mass is 35.5. The molecule has 2 aromatic rings. The van der Waals surface area contributed by atoms with Crippen molar-refractivity contribution in [3.63, 3.8) is 0 Å². The molecule has 2 atom stereocenters. The van der Waals surface area contributed by atoms with Crippen LogP contribution in [0.15, 0.2) is 30.5 Å². The van der Waals surface area contributed by atoms with Gasteiger partial charge in [0, 0.05) is 24.0 Å². The van der Waals surface area contributed by atoms with Gasteiger partial charge in [-0.25, -0.2) is 0 Å². The fourth-order valence-electron chi connectivity index (χ4n) is 2.61. The molecular formula is C15H17ClN4O2. The molecule has 0 aliphatic carbocycles. The van der Waals surface area contributed by atoms with Crippen molar-refractivity contribution >= 4 is 17.5 Å². The van der Waals surface area contributed by atoms with E-state index in [2.05, 4.69) is 10.2 Å². The standard InChI is InChI=1S/C15H17ClN4O2/c1-10(21)11-5-6-19(9-11)15(22)14-8-17-20(18-14)13-4-2-3-12(16)7-13/h2-4,7-8,10-11,21H,5-6,9H2,1H3. The SMILES string of the molecule is CC(O)C1CCN(C(=O)c2cnn(-c3cccc(Cl)c3)n2)C1. The number of aromatic nitrogens is 3. The summed E-state index contributed by atoms with van der Waals surface area (Å²) >= 11 is 5.95. The Hall–Kier alpha value is -1.92. The van der Waals surface area contributed by atoms with Crippen LogP contribution < -0.4 is 0 Å². The average Bonchev–Trinajstić information content (AvgIpc) is 3.16. The molecule has 2 unspecified atom stereocenters. The molecule has 1 aromatic heterocycles. The van der Waals surface area contributed by atoms with E-state index in [1.165, 1.54) is 11.0 Å². The van der Waals surface area contributed by atoms with Crippen LogP contribution in [0.1, 0.15) is 23.8 Å². The number of amides is 1. The van der Waals surface area contributed by atoms with Gasteiger partial charge in [0.1, 0.15) is 0 Å². The molecule has 0 saturated carbocycles. The molecular weight excluding hydrogens is 304 g/mol. The first kappa shape index (κ1) is 15.0. The lowest BCUT2D eigenvalue weighted by Crippen LogP contribution is -2.30. The van der Waals surface area contributed by atoms with Crippen LogP contribution in [0.2, 0.25) is 5.02 Å². The lowest BCUT2D eigenvalue weighted by atomic mass is 10.0. The summed E-state index contributed by atoms with van der Waals surface area (Å²) in [5.74, 6) is -0.0247. The summed E-state index contributed by atoms with van der Waals surface area (Å²) in [4.78, 5) is 15.5. The van der Waals surface area contributed by atoms with Crippen LogP contribution in [0.5, 0.6) is 0 Å².